The van der Waals surface area contributed by atoms with Crippen LogP contribution in [-0.2, 0) is 9.53 Å². The van der Waals surface area contributed by atoms with Crippen LogP contribution in [0.25, 0.3) is 0 Å². The molecule has 0 aromatic carbocycles. The first-order valence-electron chi connectivity index (χ1n) is 9.59. The number of esters is 1. The third-order valence-corrected chi connectivity index (χ3v) is 5.22. The van der Waals surface area contributed by atoms with Crippen molar-refractivity contribution in [1.82, 2.24) is 0 Å². The topological polar surface area (TPSA) is 46.5 Å². The van der Waals surface area contributed by atoms with Gasteiger partial charge in [-0.15, -0.1) is 0 Å². The maximum absolute atomic E-state index is 12.4. The number of carbonyl (C=O) groups is 1. The fraction of sp³-hybridized carbons (Fsp3) is 0.682. The molecule has 3 nitrogen and oxygen atoms in total. The summed E-state index contributed by atoms with van der Waals surface area (Å²) in [6.07, 6.45) is 8.18. The molecule has 0 fully saturated rings. The molecule has 1 heterocycles. The molecular formula is C22H36O3. The summed E-state index contributed by atoms with van der Waals surface area (Å²) in [5.74, 6) is 0.617. The Kier molecular flexibility index (Phi) is 9.20. The lowest BCUT2D eigenvalue weighted by molar-refractivity contribution is -0.145. The molecule has 0 saturated heterocycles. The molecule has 0 bridgehead atoms. The van der Waals surface area contributed by atoms with Crippen molar-refractivity contribution in [2.75, 3.05) is 0 Å². The molecule has 0 aromatic rings. The van der Waals surface area contributed by atoms with Crippen LogP contribution in [0, 0.1) is 17.8 Å². The number of carbonyl (C=O) groups excluding carboxylic acids is 1. The summed E-state index contributed by atoms with van der Waals surface area (Å²) in [6.45, 7) is 16.3. The lowest BCUT2D eigenvalue weighted by atomic mass is 9.85. The van der Waals surface area contributed by atoms with Gasteiger partial charge in [-0.3, -0.25) is 0 Å². The van der Waals surface area contributed by atoms with Crippen LogP contribution in [0.2, 0.25) is 0 Å². The molecule has 25 heavy (non-hydrogen) atoms. The maximum Gasteiger partial charge on any atom is 0.334 e. The number of aliphatic hydroxyl groups excluding tert-OH is 1. The number of ether oxygens (including phenoxy) is 1. The molecule has 1 rings (SSSR count). The zero-order valence-electron chi connectivity index (χ0n) is 16.5. The van der Waals surface area contributed by atoms with Gasteiger partial charge in [0.1, 0.15) is 6.10 Å². The summed E-state index contributed by atoms with van der Waals surface area (Å²) in [4.78, 5) is 12.4. The molecule has 0 saturated carbocycles. The molecule has 1 N–H and O–H groups in total. The number of hydrogen-bond donors (Lipinski definition) is 1. The molecule has 4 atom stereocenters. The van der Waals surface area contributed by atoms with Gasteiger partial charge in [-0.25, -0.2) is 4.79 Å². The van der Waals surface area contributed by atoms with Crippen molar-refractivity contribution in [3.8, 4) is 0 Å². The van der Waals surface area contributed by atoms with Crippen molar-refractivity contribution in [2.24, 2.45) is 17.8 Å². The quantitative estimate of drug-likeness (QED) is 0.423. The number of allylic oxidation sites excluding steroid dienone is 2. The first kappa shape index (κ1) is 21.7. The van der Waals surface area contributed by atoms with Gasteiger partial charge in [0, 0.05) is 17.9 Å². The fourth-order valence-electron chi connectivity index (χ4n) is 3.54. The second-order valence-corrected chi connectivity index (χ2v) is 7.98. The monoisotopic (exact) mass is 348 g/mol. The van der Waals surface area contributed by atoms with Crippen molar-refractivity contribution < 1.29 is 14.6 Å². The van der Waals surface area contributed by atoms with Crippen molar-refractivity contribution in [2.45, 2.75) is 78.4 Å². The zero-order chi connectivity index (χ0) is 19.0. The van der Waals surface area contributed by atoms with Gasteiger partial charge < -0.3 is 9.84 Å². The van der Waals surface area contributed by atoms with E-state index < -0.39 is 12.1 Å². The molecule has 0 aromatic heterocycles. The van der Waals surface area contributed by atoms with Gasteiger partial charge in [0.15, 0.2) is 0 Å². The Labute approximate surface area is 153 Å². The highest BCUT2D eigenvalue weighted by atomic mass is 16.5. The van der Waals surface area contributed by atoms with Crippen LogP contribution in [0.15, 0.2) is 36.5 Å². The summed E-state index contributed by atoms with van der Waals surface area (Å²) >= 11 is 0. The largest absolute Gasteiger partial charge is 0.454 e. The van der Waals surface area contributed by atoms with Crippen LogP contribution in [0.3, 0.4) is 0 Å². The minimum Gasteiger partial charge on any atom is -0.454 e. The molecule has 1 aliphatic heterocycles. The Balaban J connectivity index is 2.98. The Hall–Kier alpha value is -1.35. The lowest BCUT2D eigenvalue weighted by Gasteiger charge is -2.28. The van der Waals surface area contributed by atoms with Crippen molar-refractivity contribution in [1.29, 1.82) is 0 Å². The van der Waals surface area contributed by atoms with E-state index in [2.05, 4.69) is 46.9 Å². The highest BCUT2D eigenvalue weighted by Crippen LogP contribution is 2.28. The molecule has 142 valence electrons. The average molecular weight is 349 g/mol. The van der Waals surface area contributed by atoms with Gasteiger partial charge in [-0.2, -0.15) is 0 Å². The Morgan fingerprint density at radius 2 is 2.04 bits per heavy atom. The summed E-state index contributed by atoms with van der Waals surface area (Å²) in [5, 5.41) is 10.2. The normalized spacial score (nSPS) is 33.0. The standard InChI is InChI=1S/C22H36O3/c1-7-21-20(15(2)3)12-11-16(4)9-8-10-17(5)13-19(23)14-18(6)22(24)25-21/h7,9,15,17,19-21,23H,1,6,8,10-14H2,2-5H3/b16-9+/t17-,19?,20-,21+/m0/s1. The second-order valence-electron chi connectivity index (χ2n) is 7.98. The maximum atomic E-state index is 12.4. The van der Waals surface area contributed by atoms with E-state index in [-0.39, 0.29) is 18.4 Å². The molecule has 0 amide bonds. The van der Waals surface area contributed by atoms with E-state index in [9.17, 15) is 9.90 Å². The molecule has 0 radical (unpaired) electrons. The zero-order valence-corrected chi connectivity index (χ0v) is 16.5. The molecule has 1 unspecified atom stereocenters. The average Bonchev–Trinajstić information content (AvgIpc) is 2.52. The number of hydrogen-bond acceptors (Lipinski definition) is 3. The highest BCUT2D eigenvalue weighted by Gasteiger charge is 2.27. The SMILES string of the molecule is C=C[C@H]1OC(=O)C(=C)CC(O)C[C@@H](C)CC/C=C(\C)CC[C@H]1C(C)C. The summed E-state index contributed by atoms with van der Waals surface area (Å²) in [6, 6.07) is 0. The first-order chi connectivity index (χ1) is 11.7. The van der Waals surface area contributed by atoms with Gasteiger partial charge in [0.25, 0.3) is 0 Å². The Morgan fingerprint density at radius 1 is 1.36 bits per heavy atom. The Bertz CT molecular complexity index is 490. The molecule has 0 spiro atoms. The van der Waals surface area contributed by atoms with Crippen LogP contribution in [0.4, 0.5) is 0 Å². The van der Waals surface area contributed by atoms with Gasteiger partial charge >= 0.3 is 5.97 Å². The summed E-state index contributed by atoms with van der Waals surface area (Å²) < 4.78 is 5.69. The number of rotatable bonds is 2. The number of aliphatic hydroxyl groups is 1. The Morgan fingerprint density at radius 3 is 2.64 bits per heavy atom. The van der Waals surface area contributed by atoms with Crippen molar-refractivity contribution in [3.63, 3.8) is 0 Å². The molecule has 1 aliphatic rings. The van der Waals surface area contributed by atoms with Crippen LogP contribution in [0.1, 0.15) is 66.2 Å². The predicted molar refractivity (Wildman–Crippen MR) is 104 cm³/mol. The van der Waals surface area contributed by atoms with E-state index in [1.54, 1.807) is 6.08 Å². The summed E-state index contributed by atoms with van der Waals surface area (Å²) in [5.41, 5.74) is 1.73. The van der Waals surface area contributed by atoms with E-state index in [0.717, 1.165) is 25.7 Å². The predicted octanol–water partition coefficient (Wildman–Crippen LogP) is 5.21. The van der Waals surface area contributed by atoms with Gasteiger partial charge in [0.2, 0.25) is 0 Å². The van der Waals surface area contributed by atoms with E-state index in [4.69, 9.17) is 4.74 Å². The highest BCUT2D eigenvalue weighted by molar-refractivity contribution is 5.88. The third kappa shape index (κ3) is 7.60. The van der Waals surface area contributed by atoms with E-state index >= 15 is 0 Å². The minimum atomic E-state index is -0.548. The smallest absolute Gasteiger partial charge is 0.334 e. The van der Waals surface area contributed by atoms with Crippen LogP contribution < -0.4 is 0 Å². The van der Waals surface area contributed by atoms with Gasteiger partial charge in [-0.05, 0) is 50.9 Å². The number of cyclic esters (lactones) is 1. The molecule has 3 heteroatoms. The van der Waals surface area contributed by atoms with Crippen LogP contribution >= 0.6 is 0 Å². The fourth-order valence-corrected chi connectivity index (χ4v) is 3.54. The van der Waals surface area contributed by atoms with Crippen LogP contribution in [0.5, 0.6) is 0 Å². The molecule has 0 aliphatic carbocycles. The third-order valence-electron chi connectivity index (χ3n) is 5.22. The van der Waals surface area contributed by atoms with Gasteiger partial charge in [-0.1, -0.05) is 51.7 Å². The lowest BCUT2D eigenvalue weighted by Crippen LogP contribution is -2.30. The van der Waals surface area contributed by atoms with E-state index in [1.165, 1.54) is 5.57 Å². The van der Waals surface area contributed by atoms with Crippen LogP contribution in [-0.4, -0.2) is 23.3 Å². The summed E-state index contributed by atoms with van der Waals surface area (Å²) in [7, 11) is 0. The first-order valence-corrected chi connectivity index (χ1v) is 9.59. The molecular weight excluding hydrogens is 312 g/mol. The van der Waals surface area contributed by atoms with Crippen molar-refractivity contribution in [3.05, 3.63) is 36.5 Å². The van der Waals surface area contributed by atoms with E-state index in [0.29, 0.717) is 23.8 Å². The van der Waals surface area contributed by atoms with Gasteiger partial charge in [0.05, 0.1) is 6.10 Å². The van der Waals surface area contributed by atoms with Crippen molar-refractivity contribution >= 4 is 5.97 Å². The minimum absolute atomic E-state index is 0.228. The second kappa shape index (κ2) is 10.6. The van der Waals surface area contributed by atoms with E-state index in [1.807, 2.05) is 0 Å².